The third-order valence-electron chi connectivity index (χ3n) is 6.06. The smallest absolute Gasteiger partial charge is 0.255 e. The maximum Gasteiger partial charge on any atom is 0.255 e. The summed E-state index contributed by atoms with van der Waals surface area (Å²) in [5, 5.41) is 0. The molecule has 164 valence electrons. The zero-order chi connectivity index (χ0) is 22.2. The molecule has 2 aromatic carbocycles. The van der Waals surface area contributed by atoms with Gasteiger partial charge in [0, 0.05) is 37.2 Å². The molecule has 4 aromatic rings. The van der Waals surface area contributed by atoms with Crippen molar-refractivity contribution < 1.29 is 9.47 Å². The highest BCUT2D eigenvalue weighted by atomic mass is 16.7. The number of hydrogen-bond donors (Lipinski definition) is 1. The minimum absolute atomic E-state index is 0.0642. The fourth-order valence-electron chi connectivity index (χ4n) is 4.36. The molecule has 33 heavy (non-hydrogen) atoms. The molecular formula is C26H22N4O3. The van der Waals surface area contributed by atoms with E-state index >= 15 is 0 Å². The number of pyridine rings is 1. The summed E-state index contributed by atoms with van der Waals surface area (Å²) in [6.45, 7) is 2.30. The van der Waals surface area contributed by atoms with Gasteiger partial charge in [-0.15, -0.1) is 0 Å². The molecule has 0 radical (unpaired) electrons. The van der Waals surface area contributed by atoms with Crippen LogP contribution in [0, 0.1) is 0 Å². The van der Waals surface area contributed by atoms with E-state index in [1.807, 2.05) is 66.7 Å². The molecule has 0 saturated carbocycles. The summed E-state index contributed by atoms with van der Waals surface area (Å²) in [5.74, 6) is 2.14. The number of rotatable bonds is 4. The average Bonchev–Trinajstić information content (AvgIpc) is 3.33. The first-order valence-corrected chi connectivity index (χ1v) is 11.0. The highest BCUT2D eigenvalue weighted by Gasteiger charge is 2.22. The summed E-state index contributed by atoms with van der Waals surface area (Å²) < 4.78 is 10.9. The molecule has 7 nitrogen and oxygen atoms in total. The minimum atomic E-state index is -0.0642. The molecule has 0 amide bonds. The van der Waals surface area contributed by atoms with Crippen LogP contribution in [0.3, 0.4) is 0 Å². The van der Waals surface area contributed by atoms with E-state index in [2.05, 4.69) is 9.88 Å². The van der Waals surface area contributed by atoms with E-state index in [-0.39, 0.29) is 12.4 Å². The molecule has 6 rings (SSSR count). The number of aromatic nitrogens is 3. The van der Waals surface area contributed by atoms with E-state index in [1.54, 1.807) is 0 Å². The number of nitrogens with zero attached hydrogens (tertiary/aromatic N) is 3. The second kappa shape index (κ2) is 8.18. The standard InChI is InChI=1S/C26H22N4O3/c31-26-20-15-30(12-11-22(20)28-25(29-26)17-5-2-1-3-6-17)14-19-7-4-8-21(27-19)18-9-10-23-24(13-18)33-16-32-23/h1-10,13H,11-12,14-16H2,(H,28,29,31). The number of hydrogen-bond acceptors (Lipinski definition) is 6. The van der Waals surface area contributed by atoms with Crippen LogP contribution >= 0.6 is 0 Å². The van der Waals surface area contributed by atoms with Crippen molar-refractivity contribution in [2.75, 3.05) is 13.3 Å². The first-order chi connectivity index (χ1) is 16.2. The molecule has 2 aliphatic heterocycles. The molecule has 0 spiro atoms. The van der Waals surface area contributed by atoms with E-state index in [0.717, 1.165) is 58.2 Å². The maximum absolute atomic E-state index is 12.8. The first kappa shape index (κ1) is 19.7. The van der Waals surface area contributed by atoms with Crippen LogP contribution in [0.15, 0.2) is 71.5 Å². The van der Waals surface area contributed by atoms with Crippen molar-refractivity contribution in [3.8, 4) is 34.1 Å². The van der Waals surface area contributed by atoms with Gasteiger partial charge in [0.05, 0.1) is 22.6 Å². The zero-order valence-electron chi connectivity index (χ0n) is 18.0. The van der Waals surface area contributed by atoms with Crippen LogP contribution in [0.1, 0.15) is 17.0 Å². The summed E-state index contributed by atoms with van der Waals surface area (Å²) in [4.78, 5) is 27.6. The van der Waals surface area contributed by atoms with Gasteiger partial charge in [0.25, 0.3) is 5.56 Å². The summed E-state index contributed by atoms with van der Waals surface area (Å²) >= 11 is 0. The molecule has 4 heterocycles. The molecule has 2 aliphatic rings. The van der Waals surface area contributed by atoms with E-state index < -0.39 is 0 Å². The fraction of sp³-hybridized carbons (Fsp3) is 0.192. The lowest BCUT2D eigenvalue weighted by molar-refractivity contribution is 0.174. The summed E-state index contributed by atoms with van der Waals surface area (Å²) in [7, 11) is 0. The van der Waals surface area contributed by atoms with Crippen LogP contribution in [-0.4, -0.2) is 33.2 Å². The van der Waals surface area contributed by atoms with Gasteiger partial charge >= 0.3 is 0 Å². The summed E-state index contributed by atoms with van der Waals surface area (Å²) in [5.41, 5.74) is 5.31. The lowest BCUT2D eigenvalue weighted by atomic mass is 10.1. The Morgan fingerprint density at radius 3 is 2.70 bits per heavy atom. The van der Waals surface area contributed by atoms with Gasteiger partial charge in [0.15, 0.2) is 11.5 Å². The van der Waals surface area contributed by atoms with Crippen molar-refractivity contribution in [3.63, 3.8) is 0 Å². The lowest BCUT2D eigenvalue weighted by Gasteiger charge is -2.27. The minimum Gasteiger partial charge on any atom is -0.454 e. The van der Waals surface area contributed by atoms with Gasteiger partial charge in [-0.1, -0.05) is 36.4 Å². The molecule has 7 heteroatoms. The largest absolute Gasteiger partial charge is 0.454 e. The van der Waals surface area contributed by atoms with Gasteiger partial charge in [-0.2, -0.15) is 0 Å². The number of H-pyrrole nitrogens is 1. The van der Waals surface area contributed by atoms with Crippen LogP contribution in [-0.2, 0) is 19.5 Å². The molecule has 0 bridgehead atoms. The van der Waals surface area contributed by atoms with Gasteiger partial charge in [0.1, 0.15) is 5.82 Å². The SMILES string of the molecule is O=c1[nH]c(-c2ccccc2)nc2c1CN(Cc1cccc(-c3ccc4c(c3)OCO4)n1)CC2. The zero-order valence-corrected chi connectivity index (χ0v) is 18.0. The second-order valence-corrected chi connectivity index (χ2v) is 8.25. The van der Waals surface area contributed by atoms with Gasteiger partial charge in [-0.25, -0.2) is 4.98 Å². The summed E-state index contributed by atoms with van der Waals surface area (Å²) in [6, 6.07) is 21.6. The lowest BCUT2D eigenvalue weighted by Crippen LogP contribution is -2.35. The molecule has 1 N–H and O–H groups in total. The Hall–Kier alpha value is -3.97. The van der Waals surface area contributed by atoms with Crippen LogP contribution in [0.25, 0.3) is 22.6 Å². The Morgan fingerprint density at radius 1 is 0.909 bits per heavy atom. The second-order valence-electron chi connectivity index (χ2n) is 8.25. The third kappa shape index (κ3) is 3.87. The molecule has 2 aromatic heterocycles. The van der Waals surface area contributed by atoms with E-state index in [4.69, 9.17) is 19.4 Å². The highest BCUT2D eigenvalue weighted by molar-refractivity contribution is 5.64. The van der Waals surface area contributed by atoms with E-state index in [1.165, 1.54) is 0 Å². The number of nitrogens with one attached hydrogen (secondary N) is 1. The van der Waals surface area contributed by atoms with Crippen LogP contribution in [0.4, 0.5) is 0 Å². The molecular weight excluding hydrogens is 416 g/mol. The quantitative estimate of drug-likeness (QED) is 0.522. The predicted octanol–water partition coefficient (Wildman–Crippen LogP) is 3.79. The van der Waals surface area contributed by atoms with Gasteiger partial charge in [0.2, 0.25) is 6.79 Å². The third-order valence-corrected chi connectivity index (χ3v) is 6.06. The molecule has 0 fully saturated rings. The van der Waals surface area contributed by atoms with E-state index in [0.29, 0.717) is 18.9 Å². The normalized spacial score (nSPS) is 14.8. The Bertz CT molecular complexity index is 1380. The van der Waals surface area contributed by atoms with Gasteiger partial charge in [-0.3, -0.25) is 14.7 Å². The topological polar surface area (TPSA) is 80.3 Å². The molecule has 0 atom stereocenters. The van der Waals surface area contributed by atoms with Crippen molar-refractivity contribution in [2.45, 2.75) is 19.5 Å². The van der Waals surface area contributed by atoms with Crippen molar-refractivity contribution in [2.24, 2.45) is 0 Å². The van der Waals surface area contributed by atoms with Crippen molar-refractivity contribution in [3.05, 3.63) is 94.0 Å². The molecule has 0 unspecified atom stereocenters. The van der Waals surface area contributed by atoms with Crippen LogP contribution < -0.4 is 15.0 Å². The average molecular weight is 438 g/mol. The maximum atomic E-state index is 12.8. The Balaban J connectivity index is 1.21. The highest BCUT2D eigenvalue weighted by Crippen LogP contribution is 2.35. The number of aromatic amines is 1. The summed E-state index contributed by atoms with van der Waals surface area (Å²) in [6.07, 6.45) is 0.737. The van der Waals surface area contributed by atoms with Crippen molar-refractivity contribution >= 4 is 0 Å². The van der Waals surface area contributed by atoms with Crippen molar-refractivity contribution in [1.82, 2.24) is 19.9 Å². The predicted molar refractivity (Wildman–Crippen MR) is 124 cm³/mol. The van der Waals surface area contributed by atoms with Crippen LogP contribution in [0.2, 0.25) is 0 Å². The first-order valence-electron chi connectivity index (χ1n) is 11.0. The molecule has 0 aliphatic carbocycles. The Labute approximate surface area is 190 Å². The Kier molecular flexibility index (Phi) is 4.88. The number of benzene rings is 2. The number of ether oxygens (including phenoxy) is 2. The molecule has 0 saturated heterocycles. The van der Waals surface area contributed by atoms with Crippen molar-refractivity contribution in [1.29, 1.82) is 0 Å². The fourth-order valence-corrected chi connectivity index (χ4v) is 4.36. The van der Waals surface area contributed by atoms with Gasteiger partial charge in [-0.05, 0) is 30.3 Å². The Morgan fingerprint density at radius 2 is 1.79 bits per heavy atom. The van der Waals surface area contributed by atoms with Gasteiger partial charge < -0.3 is 14.5 Å². The van der Waals surface area contributed by atoms with E-state index in [9.17, 15) is 4.79 Å². The monoisotopic (exact) mass is 438 g/mol. The number of fused-ring (bicyclic) bond motifs is 2. The van der Waals surface area contributed by atoms with Crippen LogP contribution in [0.5, 0.6) is 11.5 Å².